The van der Waals surface area contributed by atoms with Crippen LogP contribution in [0.3, 0.4) is 0 Å². The van der Waals surface area contributed by atoms with E-state index in [2.05, 4.69) is 5.32 Å². The van der Waals surface area contributed by atoms with Crippen LogP contribution >= 0.6 is 0 Å². The summed E-state index contributed by atoms with van der Waals surface area (Å²) in [5.41, 5.74) is 1.85. The van der Waals surface area contributed by atoms with Crippen molar-refractivity contribution in [1.29, 1.82) is 0 Å². The van der Waals surface area contributed by atoms with Gasteiger partial charge in [-0.1, -0.05) is 24.3 Å². The van der Waals surface area contributed by atoms with Gasteiger partial charge in [0.25, 0.3) is 0 Å². The van der Waals surface area contributed by atoms with Gasteiger partial charge in [-0.25, -0.2) is 12.8 Å². The standard InChI is InChI=1S/C23H23FN2O4S/c24-18-7-9-20(10-8-18)31(28,29)26-14-12-17-4-1-2-6-21(17)22(26)16-23(27)25-13-11-19-5-3-15-30-19/h1-10,15,22H,11-14,16H2,(H,25,27)/t22-/m1/s1. The smallest absolute Gasteiger partial charge is 0.243 e. The van der Waals surface area contributed by atoms with Crippen LogP contribution in [0.25, 0.3) is 0 Å². The van der Waals surface area contributed by atoms with E-state index in [1.165, 1.54) is 16.4 Å². The van der Waals surface area contributed by atoms with Gasteiger partial charge in [0, 0.05) is 25.9 Å². The summed E-state index contributed by atoms with van der Waals surface area (Å²) in [6.45, 7) is 0.645. The highest BCUT2D eigenvalue weighted by Crippen LogP contribution is 2.36. The van der Waals surface area contributed by atoms with E-state index in [9.17, 15) is 17.6 Å². The van der Waals surface area contributed by atoms with E-state index in [-0.39, 0.29) is 23.8 Å². The Labute approximate surface area is 180 Å². The number of nitrogens with zero attached hydrogens (tertiary/aromatic N) is 1. The third-order valence-electron chi connectivity index (χ3n) is 5.44. The lowest BCUT2D eigenvalue weighted by atomic mass is 9.92. The van der Waals surface area contributed by atoms with Crippen molar-refractivity contribution < 1.29 is 22.0 Å². The molecule has 1 amide bonds. The van der Waals surface area contributed by atoms with E-state index < -0.39 is 21.9 Å². The number of sulfonamides is 1. The largest absolute Gasteiger partial charge is 0.469 e. The van der Waals surface area contributed by atoms with Crippen LogP contribution in [-0.4, -0.2) is 31.7 Å². The molecule has 0 saturated heterocycles. The number of rotatable bonds is 7. The number of halogens is 1. The van der Waals surface area contributed by atoms with Gasteiger partial charge in [-0.15, -0.1) is 0 Å². The first-order chi connectivity index (χ1) is 14.9. The van der Waals surface area contributed by atoms with Crippen molar-refractivity contribution in [3.63, 3.8) is 0 Å². The predicted octanol–water partition coefficient (Wildman–Crippen LogP) is 3.46. The minimum absolute atomic E-state index is 0.00437. The Bertz CT molecular complexity index is 1140. The summed E-state index contributed by atoms with van der Waals surface area (Å²) in [5.74, 6) is 0.0202. The van der Waals surface area contributed by atoms with E-state index in [0.717, 1.165) is 29.0 Å². The molecule has 3 aromatic rings. The molecule has 8 heteroatoms. The van der Waals surface area contributed by atoms with Crippen LogP contribution in [0, 0.1) is 5.82 Å². The first-order valence-electron chi connectivity index (χ1n) is 10.1. The summed E-state index contributed by atoms with van der Waals surface area (Å²) in [5, 5.41) is 2.85. The van der Waals surface area contributed by atoms with Gasteiger partial charge in [-0.2, -0.15) is 4.31 Å². The van der Waals surface area contributed by atoms with E-state index in [4.69, 9.17) is 4.42 Å². The third kappa shape index (κ3) is 4.70. The molecular weight excluding hydrogens is 419 g/mol. The summed E-state index contributed by atoms with van der Waals surface area (Å²) < 4.78 is 46.6. The van der Waals surface area contributed by atoms with Gasteiger partial charge in [-0.3, -0.25) is 4.79 Å². The van der Waals surface area contributed by atoms with Gasteiger partial charge in [0.2, 0.25) is 15.9 Å². The number of hydrogen-bond acceptors (Lipinski definition) is 4. The Morgan fingerprint density at radius 3 is 2.61 bits per heavy atom. The maximum Gasteiger partial charge on any atom is 0.243 e. The quantitative estimate of drug-likeness (QED) is 0.608. The van der Waals surface area contributed by atoms with Crippen LogP contribution in [0.4, 0.5) is 4.39 Å². The Hall–Kier alpha value is -2.97. The number of benzene rings is 2. The van der Waals surface area contributed by atoms with Gasteiger partial charge in [0.15, 0.2) is 0 Å². The van der Waals surface area contributed by atoms with E-state index in [1.807, 2.05) is 30.3 Å². The molecule has 0 spiro atoms. The van der Waals surface area contributed by atoms with Crippen molar-refractivity contribution in [3.8, 4) is 0 Å². The third-order valence-corrected chi connectivity index (χ3v) is 7.36. The molecule has 0 saturated carbocycles. The number of furan rings is 1. The second-order valence-corrected chi connectivity index (χ2v) is 9.31. The van der Waals surface area contributed by atoms with Crippen LogP contribution in [0.2, 0.25) is 0 Å². The highest BCUT2D eigenvalue weighted by molar-refractivity contribution is 7.89. The lowest BCUT2D eigenvalue weighted by Gasteiger charge is -2.36. The average molecular weight is 443 g/mol. The zero-order valence-electron chi connectivity index (χ0n) is 16.8. The van der Waals surface area contributed by atoms with E-state index >= 15 is 0 Å². The number of carbonyl (C=O) groups is 1. The summed E-state index contributed by atoms with van der Waals surface area (Å²) >= 11 is 0. The number of amides is 1. The first kappa shape index (κ1) is 21.3. The van der Waals surface area contributed by atoms with Crippen LogP contribution in [0.15, 0.2) is 76.2 Å². The minimum Gasteiger partial charge on any atom is -0.469 e. The van der Waals surface area contributed by atoms with Gasteiger partial charge in [-0.05, 0) is 53.9 Å². The zero-order valence-corrected chi connectivity index (χ0v) is 17.6. The fourth-order valence-corrected chi connectivity index (χ4v) is 5.50. The van der Waals surface area contributed by atoms with Crippen LogP contribution < -0.4 is 5.32 Å². The van der Waals surface area contributed by atoms with Crippen molar-refractivity contribution in [2.24, 2.45) is 0 Å². The van der Waals surface area contributed by atoms with Crippen LogP contribution in [-0.2, 0) is 27.7 Å². The molecule has 1 aliphatic rings. The molecule has 0 fully saturated rings. The molecule has 2 heterocycles. The van der Waals surface area contributed by atoms with Gasteiger partial charge < -0.3 is 9.73 Å². The summed E-state index contributed by atoms with van der Waals surface area (Å²) in [4.78, 5) is 12.7. The molecule has 0 bridgehead atoms. The van der Waals surface area contributed by atoms with Crippen molar-refractivity contribution in [2.75, 3.05) is 13.1 Å². The van der Waals surface area contributed by atoms with Crippen molar-refractivity contribution in [1.82, 2.24) is 9.62 Å². The molecule has 0 unspecified atom stereocenters. The normalized spacial score (nSPS) is 16.6. The Kier molecular flexibility index (Phi) is 6.20. The van der Waals surface area contributed by atoms with Crippen molar-refractivity contribution >= 4 is 15.9 Å². The molecule has 6 nitrogen and oxygen atoms in total. The second-order valence-electron chi connectivity index (χ2n) is 7.42. The molecule has 0 aliphatic carbocycles. The topological polar surface area (TPSA) is 79.6 Å². The highest BCUT2D eigenvalue weighted by atomic mass is 32.2. The van der Waals surface area contributed by atoms with Crippen molar-refractivity contribution in [2.45, 2.75) is 30.2 Å². The first-order valence-corrected chi connectivity index (χ1v) is 11.5. The van der Waals surface area contributed by atoms with Crippen LogP contribution in [0.5, 0.6) is 0 Å². The molecule has 31 heavy (non-hydrogen) atoms. The number of nitrogens with one attached hydrogen (secondary N) is 1. The van der Waals surface area contributed by atoms with Gasteiger partial charge in [0.05, 0.1) is 17.2 Å². The summed E-state index contributed by atoms with van der Waals surface area (Å²) in [6.07, 6.45) is 2.68. The number of hydrogen-bond donors (Lipinski definition) is 1. The van der Waals surface area contributed by atoms with Gasteiger partial charge >= 0.3 is 0 Å². The monoisotopic (exact) mass is 442 g/mol. The molecule has 0 radical (unpaired) electrons. The molecule has 1 atom stereocenters. The van der Waals surface area contributed by atoms with Gasteiger partial charge in [0.1, 0.15) is 11.6 Å². The lowest BCUT2D eigenvalue weighted by molar-refractivity contribution is -0.122. The summed E-state index contributed by atoms with van der Waals surface area (Å²) in [7, 11) is -3.90. The molecule has 1 aromatic heterocycles. The molecule has 162 valence electrons. The second kappa shape index (κ2) is 9.03. The molecule has 4 rings (SSSR count). The lowest BCUT2D eigenvalue weighted by Crippen LogP contribution is -2.42. The summed E-state index contributed by atoms with van der Waals surface area (Å²) in [6, 6.07) is 15.3. The Morgan fingerprint density at radius 2 is 1.87 bits per heavy atom. The maximum absolute atomic E-state index is 13.3. The average Bonchev–Trinajstić information content (AvgIpc) is 3.27. The van der Waals surface area contributed by atoms with E-state index in [1.54, 1.807) is 12.3 Å². The predicted molar refractivity (Wildman–Crippen MR) is 113 cm³/mol. The zero-order chi connectivity index (χ0) is 21.8. The van der Waals surface area contributed by atoms with Crippen molar-refractivity contribution in [3.05, 3.63) is 89.6 Å². The Morgan fingerprint density at radius 1 is 1.10 bits per heavy atom. The van der Waals surface area contributed by atoms with Crippen LogP contribution in [0.1, 0.15) is 29.3 Å². The fourth-order valence-electron chi connectivity index (χ4n) is 3.90. The van der Waals surface area contributed by atoms with E-state index in [0.29, 0.717) is 19.4 Å². The minimum atomic E-state index is -3.90. The number of fused-ring (bicyclic) bond motifs is 1. The Balaban J connectivity index is 1.56. The molecular formula is C23H23FN2O4S. The fraction of sp³-hybridized carbons (Fsp3) is 0.261. The molecule has 1 aliphatic heterocycles. The molecule has 1 N–H and O–H groups in total. The molecule has 2 aromatic carbocycles. The SMILES string of the molecule is O=C(C[C@@H]1c2ccccc2CCN1S(=O)(=O)c1ccc(F)cc1)NCCc1ccco1. The number of carbonyl (C=O) groups excluding carboxylic acids is 1. The maximum atomic E-state index is 13.3. The highest BCUT2D eigenvalue weighted by Gasteiger charge is 2.37.